The number of hydrogen-bond donors (Lipinski definition) is 2. The summed E-state index contributed by atoms with van der Waals surface area (Å²) in [6.07, 6.45) is 0. The maximum atomic E-state index is 12.9. The number of esters is 1. The fraction of sp³-hybridized carbons (Fsp3) is 0.125. The van der Waals surface area contributed by atoms with E-state index in [1.807, 2.05) is 17.5 Å². The van der Waals surface area contributed by atoms with Gasteiger partial charge in [0.25, 0.3) is 17.7 Å². The summed E-state index contributed by atoms with van der Waals surface area (Å²) < 4.78 is 5.05. The summed E-state index contributed by atoms with van der Waals surface area (Å²) >= 11 is 1.50. The van der Waals surface area contributed by atoms with Crippen LogP contribution in [0.25, 0.3) is 0 Å². The number of ether oxygens (including phenoxy) is 1. The number of carbonyl (C=O) groups excluding carboxylic acids is 5. The molecule has 0 unspecified atom stereocenters. The molecule has 34 heavy (non-hydrogen) atoms. The van der Waals surface area contributed by atoms with Crippen molar-refractivity contribution in [2.24, 2.45) is 0 Å². The minimum absolute atomic E-state index is 0.0498. The second-order valence-corrected chi connectivity index (χ2v) is 8.40. The highest BCUT2D eigenvalue weighted by atomic mass is 32.1. The smallest absolute Gasteiger partial charge is 0.338 e. The third-order valence-corrected chi connectivity index (χ3v) is 5.82. The average Bonchev–Trinajstić information content (AvgIpc) is 3.43. The highest BCUT2D eigenvalue weighted by molar-refractivity contribution is 7.09. The van der Waals surface area contributed by atoms with Gasteiger partial charge in [0.15, 0.2) is 6.61 Å². The zero-order valence-corrected chi connectivity index (χ0v) is 18.8. The van der Waals surface area contributed by atoms with E-state index in [1.54, 1.807) is 12.1 Å². The second-order valence-electron chi connectivity index (χ2n) is 7.37. The van der Waals surface area contributed by atoms with Crippen LogP contribution < -0.4 is 15.5 Å². The lowest BCUT2D eigenvalue weighted by atomic mass is 10.1. The fourth-order valence-corrected chi connectivity index (χ4v) is 4.01. The van der Waals surface area contributed by atoms with Crippen LogP contribution in [0.15, 0.2) is 60.0 Å². The van der Waals surface area contributed by atoms with Gasteiger partial charge in [-0.15, -0.1) is 11.3 Å². The number of hydrogen-bond acceptors (Lipinski definition) is 7. The van der Waals surface area contributed by atoms with Crippen molar-refractivity contribution in [3.05, 3.63) is 81.5 Å². The normalized spacial score (nSPS) is 12.3. The van der Waals surface area contributed by atoms with Gasteiger partial charge in [0.2, 0.25) is 5.91 Å². The molecule has 0 aliphatic carbocycles. The lowest BCUT2D eigenvalue weighted by Crippen LogP contribution is -2.29. The molecule has 4 amide bonds. The molecule has 9 nitrogen and oxygen atoms in total. The predicted octanol–water partition coefficient (Wildman–Crippen LogP) is 2.98. The molecular formula is C24H19N3O6S. The van der Waals surface area contributed by atoms with Gasteiger partial charge in [0.05, 0.1) is 28.9 Å². The molecule has 1 aromatic heterocycles. The molecule has 0 atom stereocenters. The van der Waals surface area contributed by atoms with E-state index in [9.17, 15) is 24.0 Å². The Morgan fingerprint density at radius 1 is 0.971 bits per heavy atom. The number of anilines is 2. The Morgan fingerprint density at radius 2 is 1.71 bits per heavy atom. The van der Waals surface area contributed by atoms with Crippen molar-refractivity contribution in [1.29, 1.82) is 0 Å². The van der Waals surface area contributed by atoms with Gasteiger partial charge in [0.1, 0.15) is 0 Å². The van der Waals surface area contributed by atoms with Gasteiger partial charge in [-0.2, -0.15) is 0 Å². The summed E-state index contributed by atoms with van der Waals surface area (Å²) in [7, 11) is 0. The van der Waals surface area contributed by atoms with Crippen molar-refractivity contribution in [1.82, 2.24) is 5.32 Å². The molecule has 10 heteroatoms. The van der Waals surface area contributed by atoms with E-state index < -0.39 is 30.3 Å². The van der Waals surface area contributed by atoms with E-state index in [0.717, 1.165) is 9.78 Å². The number of rotatable bonds is 7. The molecular weight excluding hydrogens is 458 g/mol. The van der Waals surface area contributed by atoms with Crippen LogP contribution in [0.4, 0.5) is 11.4 Å². The molecule has 2 aromatic carbocycles. The number of thiophene rings is 1. The van der Waals surface area contributed by atoms with Gasteiger partial charge in [-0.1, -0.05) is 6.07 Å². The number of amides is 4. The quantitative estimate of drug-likeness (QED) is 0.399. The van der Waals surface area contributed by atoms with E-state index >= 15 is 0 Å². The highest BCUT2D eigenvalue weighted by Crippen LogP contribution is 2.30. The zero-order valence-electron chi connectivity index (χ0n) is 18.0. The van der Waals surface area contributed by atoms with Crippen molar-refractivity contribution in [3.63, 3.8) is 0 Å². The second kappa shape index (κ2) is 9.67. The van der Waals surface area contributed by atoms with E-state index in [-0.39, 0.29) is 22.6 Å². The molecule has 2 N–H and O–H groups in total. The first kappa shape index (κ1) is 22.9. The standard InChI is InChI=1S/C24H19N3O6S/c1-14(28)26-16-5-7-17(8-6-16)27-22(30)19-9-4-15(11-20(19)23(27)31)24(32)33-13-21(29)25-12-18-3-2-10-34-18/h2-11H,12-13H2,1H3,(H,25,29)(H,26,28). The van der Waals surface area contributed by atoms with Crippen LogP contribution >= 0.6 is 11.3 Å². The molecule has 0 saturated carbocycles. The number of nitrogens with zero attached hydrogens (tertiary/aromatic N) is 1. The van der Waals surface area contributed by atoms with Gasteiger partial charge in [-0.25, -0.2) is 9.69 Å². The van der Waals surface area contributed by atoms with Gasteiger partial charge >= 0.3 is 5.97 Å². The molecule has 0 fully saturated rings. The minimum Gasteiger partial charge on any atom is -0.452 e. The topological polar surface area (TPSA) is 122 Å². The van der Waals surface area contributed by atoms with Crippen LogP contribution in [0.2, 0.25) is 0 Å². The third-order valence-electron chi connectivity index (χ3n) is 4.94. The van der Waals surface area contributed by atoms with Crippen molar-refractivity contribution >= 4 is 52.3 Å². The van der Waals surface area contributed by atoms with E-state index in [1.165, 1.54) is 48.6 Å². The number of fused-ring (bicyclic) bond motifs is 1. The number of nitrogens with one attached hydrogen (secondary N) is 2. The Labute approximate surface area is 198 Å². The van der Waals surface area contributed by atoms with Crippen LogP contribution in [-0.2, 0) is 20.9 Å². The van der Waals surface area contributed by atoms with Crippen LogP contribution in [0, 0.1) is 0 Å². The zero-order chi connectivity index (χ0) is 24.2. The van der Waals surface area contributed by atoms with Crippen molar-refractivity contribution in [3.8, 4) is 0 Å². The summed E-state index contributed by atoms with van der Waals surface area (Å²) in [6, 6.07) is 14.0. The van der Waals surface area contributed by atoms with Crippen molar-refractivity contribution < 1.29 is 28.7 Å². The average molecular weight is 477 g/mol. The summed E-state index contributed by atoms with van der Waals surface area (Å²) in [4.78, 5) is 63.2. The summed E-state index contributed by atoms with van der Waals surface area (Å²) in [6.45, 7) is 1.24. The number of imide groups is 1. The fourth-order valence-electron chi connectivity index (χ4n) is 3.36. The molecule has 172 valence electrons. The lowest BCUT2D eigenvalue weighted by Gasteiger charge is -2.14. The molecule has 1 aliphatic heterocycles. The van der Waals surface area contributed by atoms with Crippen molar-refractivity contribution in [2.75, 3.05) is 16.8 Å². The van der Waals surface area contributed by atoms with Gasteiger partial charge in [-0.3, -0.25) is 19.2 Å². The Kier molecular flexibility index (Phi) is 6.51. The highest BCUT2D eigenvalue weighted by Gasteiger charge is 2.37. The number of carbonyl (C=O) groups is 5. The largest absolute Gasteiger partial charge is 0.452 e. The molecule has 0 saturated heterocycles. The van der Waals surface area contributed by atoms with Crippen LogP contribution in [0.3, 0.4) is 0 Å². The Bertz CT molecular complexity index is 1280. The van der Waals surface area contributed by atoms with E-state index in [2.05, 4.69) is 10.6 Å². The molecule has 0 bridgehead atoms. The Hall–Kier alpha value is -4.31. The molecule has 4 rings (SSSR count). The Morgan fingerprint density at radius 3 is 2.38 bits per heavy atom. The summed E-state index contributed by atoms with van der Waals surface area (Å²) in [5, 5.41) is 7.15. The lowest BCUT2D eigenvalue weighted by molar-refractivity contribution is -0.124. The van der Waals surface area contributed by atoms with Gasteiger partial charge in [0, 0.05) is 17.5 Å². The maximum Gasteiger partial charge on any atom is 0.338 e. The molecule has 3 aromatic rings. The molecule has 2 heterocycles. The number of benzene rings is 2. The maximum absolute atomic E-state index is 12.9. The molecule has 0 radical (unpaired) electrons. The molecule has 0 spiro atoms. The van der Waals surface area contributed by atoms with Crippen LogP contribution in [-0.4, -0.2) is 36.2 Å². The van der Waals surface area contributed by atoms with Crippen molar-refractivity contribution in [2.45, 2.75) is 13.5 Å². The van der Waals surface area contributed by atoms with Crippen LogP contribution in [0.1, 0.15) is 42.9 Å². The van der Waals surface area contributed by atoms with Gasteiger partial charge < -0.3 is 15.4 Å². The monoisotopic (exact) mass is 477 g/mol. The van der Waals surface area contributed by atoms with E-state index in [0.29, 0.717) is 17.9 Å². The summed E-state index contributed by atoms with van der Waals surface area (Å²) in [5.74, 6) is -2.60. The molecule has 1 aliphatic rings. The Balaban J connectivity index is 1.41. The predicted molar refractivity (Wildman–Crippen MR) is 125 cm³/mol. The first-order chi connectivity index (χ1) is 16.3. The summed E-state index contributed by atoms with van der Waals surface area (Å²) in [5.41, 5.74) is 1.12. The first-order valence-electron chi connectivity index (χ1n) is 10.2. The third kappa shape index (κ3) is 4.86. The van der Waals surface area contributed by atoms with Crippen LogP contribution in [0.5, 0.6) is 0 Å². The SMILES string of the molecule is CC(=O)Nc1ccc(N2C(=O)c3ccc(C(=O)OCC(=O)NCc4cccs4)cc3C2=O)cc1. The minimum atomic E-state index is -0.785. The van der Waals surface area contributed by atoms with E-state index in [4.69, 9.17) is 4.74 Å². The van der Waals surface area contributed by atoms with Gasteiger partial charge in [-0.05, 0) is 53.9 Å². The first-order valence-corrected chi connectivity index (χ1v) is 11.1.